The lowest BCUT2D eigenvalue weighted by atomic mass is 9.96. The van der Waals surface area contributed by atoms with E-state index in [4.69, 9.17) is 4.74 Å². The summed E-state index contributed by atoms with van der Waals surface area (Å²) >= 11 is 0. The van der Waals surface area contributed by atoms with Crippen LogP contribution in [0.5, 0.6) is 0 Å². The lowest BCUT2D eigenvalue weighted by Crippen LogP contribution is -2.25. The lowest BCUT2D eigenvalue weighted by Gasteiger charge is -2.23. The second-order valence-electron chi connectivity index (χ2n) is 3.00. The zero-order chi connectivity index (χ0) is 9.68. The SMILES string of the molecule is O=C(OCF)OC1CCC(F)CC1. The van der Waals surface area contributed by atoms with Gasteiger partial charge in [0.05, 0.1) is 0 Å². The van der Waals surface area contributed by atoms with Crippen molar-refractivity contribution < 1.29 is 23.0 Å². The molecule has 3 nitrogen and oxygen atoms in total. The molecule has 0 aromatic rings. The normalized spacial score (nSPS) is 28.2. The topological polar surface area (TPSA) is 35.5 Å². The van der Waals surface area contributed by atoms with Crippen molar-refractivity contribution in [3.8, 4) is 0 Å². The highest BCUT2D eigenvalue weighted by molar-refractivity contribution is 5.59. The van der Waals surface area contributed by atoms with Crippen molar-refractivity contribution in [2.45, 2.75) is 38.0 Å². The molecular weight excluding hydrogens is 182 g/mol. The van der Waals surface area contributed by atoms with Gasteiger partial charge >= 0.3 is 6.16 Å². The van der Waals surface area contributed by atoms with Crippen molar-refractivity contribution in [2.75, 3.05) is 6.86 Å². The van der Waals surface area contributed by atoms with Gasteiger partial charge in [0.25, 0.3) is 0 Å². The molecule has 0 amide bonds. The smallest absolute Gasteiger partial charge is 0.431 e. The minimum absolute atomic E-state index is 0.314. The molecule has 0 radical (unpaired) electrons. The molecule has 0 aliphatic heterocycles. The number of alkyl halides is 2. The number of hydrogen-bond donors (Lipinski definition) is 0. The monoisotopic (exact) mass is 194 g/mol. The maximum Gasteiger partial charge on any atom is 0.510 e. The molecule has 0 aromatic heterocycles. The maximum absolute atomic E-state index is 12.6. The Bertz CT molecular complexity index is 167. The van der Waals surface area contributed by atoms with Gasteiger partial charge in [-0.3, -0.25) is 0 Å². The van der Waals surface area contributed by atoms with Crippen molar-refractivity contribution in [3.63, 3.8) is 0 Å². The van der Waals surface area contributed by atoms with Gasteiger partial charge in [-0.1, -0.05) is 0 Å². The van der Waals surface area contributed by atoms with Gasteiger partial charge in [0.15, 0.2) is 0 Å². The highest BCUT2D eigenvalue weighted by Gasteiger charge is 2.23. The molecule has 0 spiro atoms. The predicted octanol–water partition coefficient (Wildman–Crippen LogP) is 2.35. The number of rotatable bonds is 2. The quantitative estimate of drug-likeness (QED) is 0.633. The molecule has 0 atom stereocenters. The summed E-state index contributed by atoms with van der Waals surface area (Å²) in [4.78, 5) is 10.6. The zero-order valence-electron chi connectivity index (χ0n) is 7.17. The molecular formula is C8H12F2O3. The van der Waals surface area contributed by atoms with Gasteiger partial charge in [0, 0.05) is 0 Å². The van der Waals surface area contributed by atoms with Crippen LogP contribution in [0.2, 0.25) is 0 Å². The maximum atomic E-state index is 12.6. The fraction of sp³-hybridized carbons (Fsp3) is 0.875. The van der Waals surface area contributed by atoms with Crippen molar-refractivity contribution in [3.05, 3.63) is 0 Å². The summed E-state index contributed by atoms with van der Waals surface area (Å²) < 4.78 is 32.7. The number of carbonyl (C=O) groups excluding carboxylic acids is 1. The molecule has 1 fully saturated rings. The highest BCUT2D eigenvalue weighted by Crippen LogP contribution is 2.23. The Hall–Kier alpha value is -0.870. The standard InChI is InChI=1S/C8H12F2O3/c9-5-12-8(11)13-7-3-1-6(10)2-4-7/h6-7H,1-5H2. The second kappa shape index (κ2) is 4.99. The van der Waals surface area contributed by atoms with E-state index in [2.05, 4.69) is 4.74 Å². The van der Waals surface area contributed by atoms with Gasteiger partial charge < -0.3 is 9.47 Å². The van der Waals surface area contributed by atoms with Crippen LogP contribution in [0.4, 0.5) is 13.6 Å². The van der Waals surface area contributed by atoms with Crippen molar-refractivity contribution in [1.29, 1.82) is 0 Å². The van der Waals surface area contributed by atoms with Crippen LogP contribution >= 0.6 is 0 Å². The van der Waals surface area contributed by atoms with E-state index in [1.54, 1.807) is 0 Å². The number of carbonyl (C=O) groups is 1. The van der Waals surface area contributed by atoms with Crippen LogP contribution in [0.1, 0.15) is 25.7 Å². The summed E-state index contributed by atoms with van der Waals surface area (Å²) in [5.74, 6) is 0. The molecule has 0 aromatic carbocycles. The average Bonchev–Trinajstić information content (AvgIpc) is 2.09. The first kappa shape index (κ1) is 10.2. The molecule has 1 aliphatic carbocycles. The van der Waals surface area contributed by atoms with Gasteiger partial charge in [-0.2, -0.15) is 0 Å². The molecule has 13 heavy (non-hydrogen) atoms. The summed E-state index contributed by atoms with van der Waals surface area (Å²) in [5.41, 5.74) is 0. The van der Waals surface area contributed by atoms with Gasteiger partial charge in [-0.05, 0) is 25.7 Å². The molecule has 1 aliphatic rings. The number of ether oxygens (including phenoxy) is 2. The fourth-order valence-electron chi connectivity index (χ4n) is 1.35. The summed E-state index contributed by atoms with van der Waals surface area (Å²) in [6.45, 7) is -1.18. The summed E-state index contributed by atoms with van der Waals surface area (Å²) in [5, 5.41) is 0. The van der Waals surface area contributed by atoms with E-state index in [9.17, 15) is 13.6 Å². The predicted molar refractivity (Wildman–Crippen MR) is 40.7 cm³/mol. The van der Waals surface area contributed by atoms with Crippen LogP contribution in [0.3, 0.4) is 0 Å². The van der Waals surface area contributed by atoms with E-state index in [0.29, 0.717) is 25.7 Å². The fourth-order valence-corrected chi connectivity index (χ4v) is 1.35. The first-order chi connectivity index (χ1) is 6.22. The summed E-state index contributed by atoms with van der Waals surface area (Å²) in [7, 11) is 0. The van der Waals surface area contributed by atoms with Crippen LogP contribution in [0.15, 0.2) is 0 Å². The van der Waals surface area contributed by atoms with E-state index in [1.165, 1.54) is 0 Å². The number of hydrogen-bond acceptors (Lipinski definition) is 3. The molecule has 0 N–H and O–H groups in total. The van der Waals surface area contributed by atoms with Gasteiger partial charge in [0.2, 0.25) is 6.86 Å². The van der Waals surface area contributed by atoms with E-state index in [1.807, 2.05) is 0 Å². The third kappa shape index (κ3) is 3.57. The Morgan fingerprint density at radius 1 is 1.31 bits per heavy atom. The van der Waals surface area contributed by atoms with Crippen LogP contribution in [0.25, 0.3) is 0 Å². The minimum atomic E-state index is -1.18. The highest BCUT2D eigenvalue weighted by atomic mass is 19.1. The van der Waals surface area contributed by atoms with Crippen LogP contribution in [-0.2, 0) is 9.47 Å². The molecule has 0 heterocycles. The molecule has 0 saturated heterocycles. The van der Waals surface area contributed by atoms with Crippen LogP contribution in [-0.4, -0.2) is 25.3 Å². The van der Waals surface area contributed by atoms with Crippen molar-refractivity contribution in [1.82, 2.24) is 0 Å². The Morgan fingerprint density at radius 3 is 2.46 bits per heavy atom. The molecule has 0 bridgehead atoms. The first-order valence-electron chi connectivity index (χ1n) is 4.26. The van der Waals surface area contributed by atoms with Crippen molar-refractivity contribution >= 4 is 6.16 Å². The van der Waals surface area contributed by atoms with Gasteiger partial charge in [-0.15, -0.1) is 0 Å². The van der Waals surface area contributed by atoms with Crippen LogP contribution in [0, 0.1) is 0 Å². The minimum Gasteiger partial charge on any atom is -0.431 e. The van der Waals surface area contributed by atoms with E-state index in [-0.39, 0.29) is 6.10 Å². The molecule has 1 rings (SSSR count). The van der Waals surface area contributed by atoms with E-state index in [0.717, 1.165) is 0 Å². The average molecular weight is 194 g/mol. The molecule has 5 heteroatoms. The Kier molecular flexibility index (Phi) is 3.92. The molecule has 1 saturated carbocycles. The summed E-state index contributed by atoms with van der Waals surface area (Å²) in [6, 6.07) is 0. The number of halogens is 2. The molecule has 76 valence electrons. The largest absolute Gasteiger partial charge is 0.510 e. The Balaban J connectivity index is 2.18. The zero-order valence-corrected chi connectivity index (χ0v) is 7.17. The van der Waals surface area contributed by atoms with Crippen LogP contribution < -0.4 is 0 Å². The van der Waals surface area contributed by atoms with E-state index >= 15 is 0 Å². The Labute approximate surface area is 75.0 Å². The van der Waals surface area contributed by atoms with Crippen molar-refractivity contribution in [2.24, 2.45) is 0 Å². The summed E-state index contributed by atoms with van der Waals surface area (Å²) in [6.07, 6.45) is -0.348. The first-order valence-corrected chi connectivity index (χ1v) is 4.26. The van der Waals surface area contributed by atoms with Gasteiger partial charge in [0.1, 0.15) is 12.3 Å². The van der Waals surface area contributed by atoms with E-state index < -0.39 is 19.2 Å². The lowest BCUT2D eigenvalue weighted by molar-refractivity contribution is -0.0137. The van der Waals surface area contributed by atoms with Gasteiger partial charge in [-0.25, -0.2) is 13.6 Å². The molecule has 0 unspecified atom stereocenters. The third-order valence-corrected chi connectivity index (χ3v) is 2.04. The second-order valence-corrected chi connectivity index (χ2v) is 3.00. The Morgan fingerprint density at radius 2 is 1.92 bits per heavy atom. The third-order valence-electron chi connectivity index (χ3n) is 2.04.